The van der Waals surface area contributed by atoms with Crippen LogP contribution < -0.4 is 5.43 Å². The Labute approximate surface area is 183 Å². The molecule has 0 aliphatic rings. The van der Waals surface area contributed by atoms with E-state index in [-0.39, 0.29) is 5.76 Å². The van der Waals surface area contributed by atoms with E-state index in [0.717, 1.165) is 18.4 Å². The smallest absolute Gasteiger partial charge is 0.400 e. The van der Waals surface area contributed by atoms with E-state index in [4.69, 9.17) is 9.40 Å². The number of benzene rings is 2. The molecule has 2 aromatic heterocycles. The molecule has 8 nitrogen and oxygen atoms in total. The summed E-state index contributed by atoms with van der Waals surface area (Å²) in [5.74, 6) is -0.665. The lowest BCUT2D eigenvalue weighted by atomic mass is 10.0. The number of rotatable bonds is 7. The highest BCUT2D eigenvalue weighted by molar-refractivity contribution is 6.07. The maximum atomic E-state index is 12.9. The molecule has 0 spiro atoms. The number of hydrazone groups is 1. The van der Waals surface area contributed by atoms with Crippen molar-refractivity contribution in [2.75, 3.05) is 0 Å². The first-order valence-corrected chi connectivity index (χ1v) is 10.1. The van der Waals surface area contributed by atoms with Crippen molar-refractivity contribution in [3.05, 3.63) is 93.7 Å². The van der Waals surface area contributed by atoms with Crippen LogP contribution in [0.1, 0.15) is 35.0 Å². The minimum Gasteiger partial charge on any atom is -0.400 e. The van der Waals surface area contributed by atoms with E-state index in [2.05, 4.69) is 29.6 Å². The SMILES string of the molecule is CCCc1ccc(-c2cc(C(=O)N/N=C\c3ccc([N+](=O)[O-])o3)c3ccccc3n2)cc1. The van der Waals surface area contributed by atoms with Crippen molar-refractivity contribution in [3.63, 3.8) is 0 Å². The molecule has 8 heteroatoms. The van der Waals surface area contributed by atoms with Crippen molar-refractivity contribution in [1.29, 1.82) is 0 Å². The van der Waals surface area contributed by atoms with E-state index in [1.54, 1.807) is 6.07 Å². The van der Waals surface area contributed by atoms with Gasteiger partial charge in [-0.05, 0) is 30.2 Å². The molecule has 2 aromatic carbocycles. The fourth-order valence-corrected chi connectivity index (χ4v) is 3.37. The van der Waals surface area contributed by atoms with Crippen molar-refractivity contribution >= 4 is 28.9 Å². The van der Waals surface area contributed by atoms with Gasteiger partial charge in [0.05, 0.1) is 29.1 Å². The predicted octanol–water partition coefficient (Wildman–Crippen LogP) is 5.12. The molecule has 0 radical (unpaired) electrons. The summed E-state index contributed by atoms with van der Waals surface area (Å²) >= 11 is 0. The van der Waals surface area contributed by atoms with Gasteiger partial charge in [-0.25, -0.2) is 10.4 Å². The van der Waals surface area contributed by atoms with Gasteiger partial charge in [0.1, 0.15) is 4.92 Å². The Kier molecular flexibility index (Phi) is 6.03. The van der Waals surface area contributed by atoms with Crippen LogP contribution in [-0.2, 0) is 6.42 Å². The number of aromatic nitrogens is 1. The third kappa shape index (κ3) is 4.54. The van der Waals surface area contributed by atoms with Crippen molar-refractivity contribution in [3.8, 4) is 11.3 Å². The zero-order valence-corrected chi connectivity index (χ0v) is 17.3. The molecule has 160 valence electrons. The first-order valence-electron chi connectivity index (χ1n) is 10.1. The maximum Gasteiger partial charge on any atom is 0.433 e. The molecule has 4 rings (SSSR count). The van der Waals surface area contributed by atoms with E-state index < -0.39 is 16.7 Å². The van der Waals surface area contributed by atoms with Gasteiger partial charge in [-0.1, -0.05) is 55.8 Å². The van der Waals surface area contributed by atoms with Crippen LogP contribution in [0.2, 0.25) is 0 Å². The van der Waals surface area contributed by atoms with E-state index in [1.807, 2.05) is 36.4 Å². The number of carbonyl (C=O) groups is 1. The summed E-state index contributed by atoms with van der Waals surface area (Å²) in [7, 11) is 0. The lowest BCUT2D eigenvalue weighted by Gasteiger charge is -2.09. The number of fused-ring (bicyclic) bond motifs is 1. The number of pyridine rings is 1. The molecular weight excluding hydrogens is 408 g/mol. The van der Waals surface area contributed by atoms with Crippen LogP contribution in [-0.4, -0.2) is 22.0 Å². The second-order valence-corrected chi connectivity index (χ2v) is 7.15. The van der Waals surface area contributed by atoms with E-state index in [1.165, 1.54) is 23.9 Å². The maximum absolute atomic E-state index is 12.9. The number of aryl methyl sites for hydroxylation is 1. The molecule has 0 saturated carbocycles. The zero-order valence-electron chi connectivity index (χ0n) is 17.3. The Bertz CT molecular complexity index is 1310. The van der Waals surface area contributed by atoms with E-state index in [0.29, 0.717) is 22.2 Å². The van der Waals surface area contributed by atoms with E-state index in [9.17, 15) is 14.9 Å². The summed E-state index contributed by atoms with van der Waals surface area (Å²) in [4.78, 5) is 27.7. The Morgan fingerprint density at radius 2 is 1.94 bits per heavy atom. The highest BCUT2D eigenvalue weighted by atomic mass is 16.6. The average molecular weight is 428 g/mol. The Hall–Kier alpha value is -4.33. The van der Waals surface area contributed by atoms with Crippen molar-refractivity contribution in [1.82, 2.24) is 10.4 Å². The van der Waals surface area contributed by atoms with Crippen LogP contribution in [0.5, 0.6) is 0 Å². The van der Waals surface area contributed by atoms with Gasteiger partial charge >= 0.3 is 5.88 Å². The van der Waals surface area contributed by atoms with Crippen molar-refractivity contribution in [2.24, 2.45) is 5.10 Å². The molecule has 1 amide bonds. The third-order valence-corrected chi connectivity index (χ3v) is 4.90. The number of hydrogen-bond acceptors (Lipinski definition) is 6. The molecule has 0 unspecified atom stereocenters. The predicted molar refractivity (Wildman–Crippen MR) is 122 cm³/mol. The van der Waals surface area contributed by atoms with Crippen LogP contribution >= 0.6 is 0 Å². The van der Waals surface area contributed by atoms with Crippen molar-refractivity contribution < 1.29 is 14.1 Å². The molecule has 0 aliphatic carbocycles. The fourth-order valence-electron chi connectivity index (χ4n) is 3.37. The highest BCUT2D eigenvalue weighted by Crippen LogP contribution is 2.25. The number of para-hydroxylation sites is 1. The molecule has 1 N–H and O–H groups in total. The molecule has 0 fully saturated rings. The molecule has 2 heterocycles. The molecule has 32 heavy (non-hydrogen) atoms. The number of carbonyl (C=O) groups excluding carboxylic acids is 1. The molecule has 0 aliphatic heterocycles. The lowest BCUT2D eigenvalue weighted by Crippen LogP contribution is -2.18. The largest absolute Gasteiger partial charge is 0.433 e. The topological polar surface area (TPSA) is 111 Å². The summed E-state index contributed by atoms with van der Waals surface area (Å²) in [5, 5.41) is 15.3. The second kappa shape index (κ2) is 9.22. The molecule has 4 aromatic rings. The van der Waals surface area contributed by atoms with Gasteiger partial charge in [0.15, 0.2) is 5.76 Å². The van der Waals surface area contributed by atoms with Gasteiger partial charge in [-0.15, -0.1) is 0 Å². The molecule has 0 saturated heterocycles. The summed E-state index contributed by atoms with van der Waals surface area (Å²) in [6.07, 6.45) is 3.29. The minimum absolute atomic E-state index is 0.157. The van der Waals surface area contributed by atoms with E-state index >= 15 is 0 Å². The summed E-state index contributed by atoms with van der Waals surface area (Å²) in [6.45, 7) is 2.14. The number of furan rings is 1. The fraction of sp³-hybridized carbons (Fsp3) is 0.125. The van der Waals surface area contributed by atoms with Crippen LogP contribution in [0, 0.1) is 10.1 Å². The van der Waals surface area contributed by atoms with Crippen LogP contribution in [0.4, 0.5) is 5.88 Å². The number of amides is 1. The number of hydrogen-bond donors (Lipinski definition) is 1. The Balaban J connectivity index is 1.62. The number of nitrogens with zero attached hydrogens (tertiary/aromatic N) is 3. The minimum atomic E-state index is -0.644. The normalized spacial score (nSPS) is 11.2. The summed E-state index contributed by atoms with van der Waals surface area (Å²) in [5.41, 5.74) is 6.42. The average Bonchev–Trinajstić information content (AvgIpc) is 3.28. The lowest BCUT2D eigenvalue weighted by molar-refractivity contribution is -0.402. The Morgan fingerprint density at radius 3 is 2.66 bits per heavy atom. The first kappa shape index (κ1) is 20.9. The summed E-state index contributed by atoms with van der Waals surface area (Å²) < 4.78 is 5.00. The molecule has 0 atom stereocenters. The van der Waals surface area contributed by atoms with Crippen LogP contribution in [0.15, 0.2) is 76.2 Å². The monoisotopic (exact) mass is 428 g/mol. The quantitative estimate of drug-likeness (QED) is 0.249. The van der Waals surface area contributed by atoms with Gasteiger partial charge in [-0.3, -0.25) is 14.9 Å². The highest BCUT2D eigenvalue weighted by Gasteiger charge is 2.14. The van der Waals surface area contributed by atoms with Crippen LogP contribution in [0.3, 0.4) is 0 Å². The number of nitro groups is 1. The van der Waals surface area contributed by atoms with Gasteiger partial charge in [0.25, 0.3) is 5.91 Å². The Morgan fingerprint density at radius 1 is 1.16 bits per heavy atom. The zero-order chi connectivity index (χ0) is 22.5. The standard InChI is InChI=1S/C24H20N4O4/c1-2-5-16-8-10-17(11-9-16)22-14-20(19-6-3-4-7-21(19)26-22)24(29)27-25-15-18-12-13-23(32-18)28(30)31/h3-4,6-15H,2,5H2,1H3,(H,27,29)/b25-15-. The first-order chi connectivity index (χ1) is 15.5. The van der Waals surface area contributed by atoms with Gasteiger partial charge in [-0.2, -0.15) is 5.10 Å². The molecular formula is C24H20N4O4. The van der Waals surface area contributed by atoms with Gasteiger partial charge in [0.2, 0.25) is 0 Å². The summed E-state index contributed by atoms with van der Waals surface area (Å²) in [6, 6.07) is 19.9. The number of nitrogens with one attached hydrogen (secondary N) is 1. The van der Waals surface area contributed by atoms with Gasteiger partial charge < -0.3 is 4.42 Å². The second-order valence-electron chi connectivity index (χ2n) is 7.15. The van der Waals surface area contributed by atoms with Crippen molar-refractivity contribution in [2.45, 2.75) is 19.8 Å². The van der Waals surface area contributed by atoms with Crippen LogP contribution in [0.25, 0.3) is 22.2 Å². The molecule has 0 bridgehead atoms. The van der Waals surface area contributed by atoms with Gasteiger partial charge in [0, 0.05) is 10.9 Å². The third-order valence-electron chi connectivity index (χ3n) is 4.90.